The van der Waals surface area contributed by atoms with Crippen molar-refractivity contribution >= 4 is 57.0 Å². The number of ketones is 1. The fraction of sp³-hybridized carbons (Fsp3) is 0.211. The summed E-state index contributed by atoms with van der Waals surface area (Å²) < 4.78 is 34.1. The van der Waals surface area contributed by atoms with Crippen LogP contribution in [-0.2, 0) is 38.9 Å². The Morgan fingerprint density at radius 2 is 1.53 bits per heavy atom. The van der Waals surface area contributed by atoms with Crippen molar-refractivity contribution in [2.75, 3.05) is 4.90 Å². The second kappa shape index (κ2) is 7.47. The van der Waals surface area contributed by atoms with Gasteiger partial charge in [0.15, 0.2) is 0 Å². The molecule has 15 heteroatoms. The number of carbonyl (C=O) groups excluding carboxylic acids is 7. The average Bonchev–Trinajstić information content (AvgIpc) is 3.35. The summed E-state index contributed by atoms with van der Waals surface area (Å²) in [5, 5.41) is 6.10. The molecule has 3 heterocycles. The van der Waals surface area contributed by atoms with Gasteiger partial charge in [-0.2, -0.15) is 13.5 Å². The largest absolute Gasteiger partial charge is 0.291 e. The molecule has 4 rings (SSSR count). The van der Waals surface area contributed by atoms with Crippen LogP contribution in [0.2, 0.25) is 0 Å². The van der Waals surface area contributed by atoms with Crippen LogP contribution in [0.4, 0.5) is 5.69 Å². The molecule has 2 N–H and O–H groups in total. The van der Waals surface area contributed by atoms with Crippen molar-refractivity contribution in [3.05, 3.63) is 42.0 Å². The lowest BCUT2D eigenvalue weighted by molar-refractivity contribution is -0.175. The maximum atomic E-state index is 13.7. The lowest BCUT2D eigenvalue weighted by Gasteiger charge is -2.35. The molecule has 1 aromatic carbocycles. The molecule has 2 fully saturated rings. The number of hydrogen-bond donors (Lipinski definition) is 2. The highest BCUT2D eigenvalue weighted by atomic mass is 32.2. The van der Waals surface area contributed by atoms with Crippen molar-refractivity contribution in [3.8, 4) is 0 Å². The van der Waals surface area contributed by atoms with Crippen LogP contribution in [0.3, 0.4) is 0 Å². The van der Waals surface area contributed by atoms with Crippen LogP contribution in [0.5, 0.6) is 0 Å². The minimum Gasteiger partial charge on any atom is -0.291 e. The van der Waals surface area contributed by atoms with Crippen molar-refractivity contribution in [2.45, 2.75) is 23.6 Å². The molecule has 0 aliphatic carbocycles. The quantitative estimate of drug-likeness (QED) is 0.155. The van der Waals surface area contributed by atoms with Gasteiger partial charge >= 0.3 is 0 Å². The van der Waals surface area contributed by atoms with E-state index in [1.54, 1.807) is 0 Å². The number of carbonyl (C=O) groups is 7. The van der Waals surface area contributed by atoms with Gasteiger partial charge in [0.25, 0.3) is 33.7 Å². The maximum absolute atomic E-state index is 13.7. The molecular weight excluding hydrogens is 478 g/mol. The Balaban J connectivity index is 1.96. The Kier molecular flexibility index (Phi) is 5.08. The first-order valence-electron chi connectivity index (χ1n) is 9.44. The molecule has 0 spiro atoms. The van der Waals surface area contributed by atoms with E-state index in [1.165, 1.54) is 6.07 Å². The van der Waals surface area contributed by atoms with Crippen molar-refractivity contribution in [3.63, 3.8) is 0 Å². The number of nitrogens with zero attached hydrogens (tertiary/aromatic N) is 3. The first-order valence-corrected chi connectivity index (χ1v) is 10.9. The molecule has 0 aromatic heterocycles. The number of likely N-dealkylation sites (tertiary alicyclic amines) is 1. The Morgan fingerprint density at radius 3 is 2.06 bits per heavy atom. The van der Waals surface area contributed by atoms with E-state index in [0.29, 0.717) is 4.90 Å². The van der Waals surface area contributed by atoms with E-state index < -0.39 is 85.6 Å². The van der Waals surface area contributed by atoms with Crippen LogP contribution >= 0.6 is 0 Å². The molecule has 6 amide bonds. The smallest absolute Gasteiger partial charge is 0.289 e. The fourth-order valence-electron chi connectivity index (χ4n) is 4.17. The van der Waals surface area contributed by atoms with E-state index in [1.807, 2.05) is 0 Å². The summed E-state index contributed by atoms with van der Waals surface area (Å²) in [5.41, 5.74) is -4.30. The third-order valence-electron chi connectivity index (χ3n) is 5.55. The van der Waals surface area contributed by atoms with Crippen molar-refractivity contribution in [1.29, 1.82) is 0 Å². The summed E-state index contributed by atoms with van der Waals surface area (Å²) in [6.45, 7) is 0. The predicted molar refractivity (Wildman–Crippen MR) is 105 cm³/mol. The minimum atomic E-state index is -5.67. The van der Waals surface area contributed by atoms with E-state index in [4.69, 9.17) is 0 Å². The zero-order valence-electron chi connectivity index (χ0n) is 16.8. The Morgan fingerprint density at radius 1 is 0.971 bits per heavy atom. The summed E-state index contributed by atoms with van der Waals surface area (Å²) in [7, 11) is -5.67. The first-order chi connectivity index (χ1) is 15.8. The second-order valence-corrected chi connectivity index (χ2v) is 8.97. The van der Waals surface area contributed by atoms with Gasteiger partial charge in [0.2, 0.25) is 28.4 Å². The zero-order valence-corrected chi connectivity index (χ0v) is 17.6. The summed E-state index contributed by atoms with van der Waals surface area (Å²) in [5.74, 6) is -9.49. The van der Waals surface area contributed by atoms with Crippen molar-refractivity contribution in [2.24, 2.45) is 0 Å². The van der Waals surface area contributed by atoms with Gasteiger partial charge in [-0.3, -0.25) is 48.2 Å². The van der Waals surface area contributed by atoms with E-state index in [-0.39, 0.29) is 10.6 Å². The lowest BCUT2D eigenvalue weighted by atomic mass is 9.85. The number of amides is 6. The van der Waals surface area contributed by atoms with Gasteiger partial charge in [-0.15, -0.1) is 0 Å². The van der Waals surface area contributed by atoms with Crippen LogP contribution in [0.15, 0.2) is 36.4 Å². The molecule has 14 nitrogen and oxygen atoms in total. The Hall–Kier alpha value is -4.08. The van der Waals surface area contributed by atoms with Crippen LogP contribution < -0.4 is 4.90 Å². The molecular formula is C19H13N3O11S. The van der Waals surface area contributed by atoms with Crippen LogP contribution in [0.25, 0.3) is 0 Å². The number of anilines is 1. The Bertz CT molecular complexity index is 1330. The van der Waals surface area contributed by atoms with Crippen LogP contribution in [0.1, 0.15) is 23.2 Å². The average molecular weight is 491 g/mol. The number of Topliss-reactive ketones (excluding diaryl/α,β-unsaturated/α-hetero) is 1. The monoisotopic (exact) mass is 491 g/mol. The predicted octanol–water partition coefficient (Wildman–Crippen LogP) is -1.80. The molecule has 0 saturated carbocycles. The molecule has 1 aromatic rings. The van der Waals surface area contributed by atoms with E-state index >= 15 is 0 Å². The van der Waals surface area contributed by atoms with Crippen molar-refractivity contribution in [1.82, 2.24) is 9.96 Å². The van der Waals surface area contributed by atoms with Gasteiger partial charge in [-0.1, -0.05) is 12.1 Å². The second-order valence-electron chi connectivity index (χ2n) is 7.46. The van der Waals surface area contributed by atoms with Gasteiger partial charge in [0.1, 0.15) is 0 Å². The normalized spacial score (nSPS) is 25.4. The number of imide groups is 3. The molecule has 2 saturated heterocycles. The van der Waals surface area contributed by atoms with Gasteiger partial charge in [-0.25, -0.2) is 4.90 Å². The molecule has 2 unspecified atom stereocenters. The molecule has 0 bridgehead atoms. The molecule has 0 radical (unpaired) electrons. The third-order valence-corrected chi connectivity index (χ3v) is 6.69. The third kappa shape index (κ3) is 3.01. The molecule has 3 aliphatic rings. The number of rotatable bonds is 5. The van der Waals surface area contributed by atoms with Gasteiger partial charge in [-0.05, 0) is 12.1 Å². The first kappa shape index (κ1) is 23.1. The molecule has 3 aliphatic heterocycles. The summed E-state index contributed by atoms with van der Waals surface area (Å²) in [6.07, 6.45) is 0.803. The number of hydrogen-bond acceptors (Lipinski definition) is 10. The SMILES string of the molecule is O=C1C(S(=O)(=O)O)C(C(=O)c2cccc(N3C(=O)C=CC3=O)c2)(N2C(=O)CCC2=O)C(=O)N1O. The van der Waals surface area contributed by atoms with Crippen LogP contribution in [0, 0.1) is 0 Å². The maximum Gasteiger partial charge on any atom is 0.289 e. The van der Waals surface area contributed by atoms with Gasteiger partial charge in [0, 0.05) is 30.6 Å². The molecule has 2 atom stereocenters. The summed E-state index contributed by atoms with van der Waals surface area (Å²) >= 11 is 0. The number of hydroxylamine groups is 2. The highest BCUT2D eigenvalue weighted by Crippen LogP contribution is 2.40. The van der Waals surface area contributed by atoms with E-state index in [9.17, 15) is 51.7 Å². The van der Waals surface area contributed by atoms with E-state index in [0.717, 1.165) is 30.4 Å². The minimum absolute atomic E-state index is 0.0371. The Labute approximate surface area is 189 Å². The number of benzene rings is 1. The highest BCUT2D eigenvalue weighted by molar-refractivity contribution is 7.87. The van der Waals surface area contributed by atoms with Gasteiger partial charge in [0.05, 0.1) is 5.69 Å². The molecule has 176 valence electrons. The highest BCUT2D eigenvalue weighted by Gasteiger charge is 2.74. The van der Waals surface area contributed by atoms with Crippen molar-refractivity contribution < 1.29 is 51.7 Å². The topological polar surface area (TPSA) is 204 Å². The van der Waals surface area contributed by atoms with Crippen LogP contribution in [-0.4, -0.2) is 80.2 Å². The van der Waals surface area contributed by atoms with Gasteiger partial charge < -0.3 is 0 Å². The summed E-state index contributed by atoms with van der Waals surface area (Å²) in [4.78, 5) is 88.8. The van der Waals surface area contributed by atoms with E-state index in [2.05, 4.69) is 0 Å². The standard InChI is InChI=1S/C19H13N3O11S/c23-11-4-5-12(24)20(11)10-3-1-2-9(8-10)15(27)19(21-13(25)6-7-14(21)26)16(34(31,32)33)17(28)22(30)18(19)29/h1-5,8,16,30H,6-7H2,(H,31,32,33). The molecule has 34 heavy (non-hydrogen) atoms. The fourth-order valence-corrected chi connectivity index (χ4v) is 5.27. The zero-order chi connectivity index (χ0) is 25.2. The lowest BCUT2D eigenvalue weighted by Crippen LogP contribution is -2.68. The summed E-state index contributed by atoms with van der Waals surface area (Å²) in [6, 6.07) is 4.24.